The molecule has 1 amide bonds. The number of halogens is 2. The number of ether oxygens (including phenoxy) is 2. The molecule has 3 N–H and O–H groups in total. The number of amides is 1. The van der Waals surface area contributed by atoms with Crippen LogP contribution in [0.25, 0.3) is 10.9 Å². The second-order valence-corrected chi connectivity index (χ2v) is 13.3. The predicted octanol–water partition coefficient (Wildman–Crippen LogP) is 3.65. The molecule has 2 unspecified atom stereocenters. The van der Waals surface area contributed by atoms with E-state index in [-0.39, 0.29) is 34.2 Å². The first kappa shape index (κ1) is 29.9. The van der Waals surface area contributed by atoms with Gasteiger partial charge in [0, 0.05) is 24.5 Å². The molecule has 2 fully saturated rings. The number of nitrogens with zero attached hydrogens (tertiary/aromatic N) is 3. The van der Waals surface area contributed by atoms with E-state index in [0.717, 1.165) is 6.07 Å². The molecule has 220 valence electrons. The topological polar surface area (TPSA) is 138 Å². The largest absolute Gasteiger partial charge is 0.459 e. The van der Waals surface area contributed by atoms with Crippen LogP contribution in [0.2, 0.25) is 5.02 Å². The fraction of sp³-hybridized carbons (Fsp3) is 0.630. The van der Waals surface area contributed by atoms with Gasteiger partial charge in [0.2, 0.25) is 0 Å². The van der Waals surface area contributed by atoms with E-state index in [1.807, 2.05) is 6.92 Å². The number of aromatic nitrogens is 2. The molecule has 0 radical (unpaired) electrons. The molecule has 2 aromatic rings. The lowest BCUT2D eigenvalue weighted by molar-refractivity contribution is -0.159. The van der Waals surface area contributed by atoms with Gasteiger partial charge < -0.3 is 20.1 Å². The molecule has 2 aliphatic rings. The molecule has 1 aromatic heterocycles. The Labute approximate surface area is 236 Å². The van der Waals surface area contributed by atoms with Gasteiger partial charge >= 0.3 is 17.8 Å². The molecule has 1 aliphatic carbocycles. The van der Waals surface area contributed by atoms with E-state index < -0.39 is 51.8 Å². The van der Waals surface area contributed by atoms with Gasteiger partial charge in [0.25, 0.3) is 5.56 Å². The summed E-state index contributed by atoms with van der Waals surface area (Å²) in [7, 11) is 0. The van der Waals surface area contributed by atoms with Crippen molar-refractivity contribution < 1.29 is 23.5 Å². The van der Waals surface area contributed by atoms with E-state index in [2.05, 4.69) is 5.43 Å². The van der Waals surface area contributed by atoms with E-state index in [0.29, 0.717) is 30.5 Å². The summed E-state index contributed by atoms with van der Waals surface area (Å²) in [5.41, 5.74) is 4.51. The molecule has 2 heterocycles. The summed E-state index contributed by atoms with van der Waals surface area (Å²) < 4.78 is 28.2. The Morgan fingerprint density at radius 1 is 1.15 bits per heavy atom. The molecule has 2 atom stereocenters. The van der Waals surface area contributed by atoms with Gasteiger partial charge in [-0.3, -0.25) is 14.2 Å². The van der Waals surface area contributed by atoms with Crippen LogP contribution in [0.3, 0.4) is 0 Å². The molecule has 40 heavy (non-hydrogen) atoms. The lowest BCUT2D eigenvalue weighted by Crippen LogP contribution is -2.49. The van der Waals surface area contributed by atoms with Gasteiger partial charge in [-0.2, -0.15) is 4.68 Å². The highest BCUT2D eigenvalue weighted by Gasteiger charge is 2.45. The van der Waals surface area contributed by atoms with Gasteiger partial charge in [0.15, 0.2) is 0 Å². The van der Waals surface area contributed by atoms with Crippen molar-refractivity contribution in [2.75, 3.05) is 23.4 Å². The van der Waals surface area contributed by atoms with Gasteiger partial charge in [0.05, 0.1) is 21.6 Å². The summed E-state index contributed by atoms with van der Waals surface area (Å²) in [4.78, 5) is 53.6. The fourth-order valence-corrected chi connectivity index (χ4v) is 5.34. The molecular weight excluding hydrogens is 545 g/mol. The van der Waals surface area contributed by atoms with Gasteiger partial charge in [-0.05, 0) is 66.9 Å². The van der Waals surface area contributed by atoms with Crippen molar-refractivity contribution in [2.24, 2.45) is 11.1 Å². The maximum atomic E-state index is 15.7. The zero-order valence-corrected chi connectivity index (χ0v) is 24.6. The minimum absolute atomic E-state index is 0.0142. The first-order chi connectivity index (χ1) is 18.3. The van der Waals surface area contributed by atoms with E-state index in [1.54, 1.807) is 46.4 Å². The Hall–Kier alpha value is -3.12. The lowest BCUT2D eigenvalue weighted by Gasteiger charge is -2.32. The number of carbonyl (C=O) groups is 2. The molecule has 4 rings (SSSR count). The Morgan fingerprint density at radius 2 is 1.75 bits per heavy atom. The SMILES string of the molecule is CC(C)(C)OC(=O)Nn1c(=O)c2cc(F)c(N3CCC(C)(C(N)C(=O)OC(C)(C)C)C3)c(Cl)c2n(C2CC2)c1=O. The fourth-order valence-electron chi connectivity index (χ4n) is 4.94. The Bertz CT molecular complexity index is 1490. The second-order valence-electron chi connectivity index (χ2n) is 12.9. The van der Waals surface area contributed by atoms with Gasteiger partial charge in [-0.1, -0.05) is 18.5 Å². The zero-order valence-electron chi connectivity index (χ0n) is 23.9. The van der Waals surface area contributed by atoms with Crippen molar-refractivity contribution in [3.8, 4) is 0 Å². The highest BCUT2D eigenvalue weighted by molar-refractivity contribution is 6.38. The van der Waals surface area contributed by atoms with Gasteiger partial charge in [0.1, 0.15) is 23.1 Å². The van der Waals surface area contributed by atoms with Crippen LogP contribution >= 0.6 is 11.6 Å². The number of nitrogens with two attached hydrogens (primary N) is 1. The zero-order chi connectivity index (χ0) is 29.9. The molecule has 1 saturated heterocycles. The maximum Gasteiger partial charge on any atom is 0.427 e. The Balaban J connectivity index is 1.77. The van der Waals surface area contributed by atoms with E-state index in [9.17, 15) is 19.2 Å². The minimum atomic E-state index is -1.01. The van der Waals surface area contributed by atoms with Crippen LogP contribution in [-0.4, -0.2) is 51.6 Å². The van der Waals surface area contributed by atoms with Crippen molar-refractivity contribution >= 4 is 40.3 Å². The number of benzene rings is 1. The molecule has 11 nitrogen and oxygen atoms in total. The third kappa shape index (κ3) is 5.83. The van der Waals surface area contributed by atoms with Crippen molar-refractivity contribution in [3.05, 3.63) is 37.7 Å². The molecule has 13 heteroatoms. The summed E-state index contributed by atoms with van der Waals surface area (Å²) >= 11 is 6.79. The number of hydrogen-bond donors (Lipinski definition) is 2. The number of rotatable bonds is 5. The molecule has 1 saturated carbocycles. The Kier molecular flexibility index (Phi) is 7.51. The monoisotopic (exact) mass is 581 g/mol. The van der Waals surface area contributed by atoms with Crippen molar-refractivity contribution in [3.63, 3.8) is 0 Å². The number of esters is 1. The van der Waals surface area contributed by atoms with Crippen LogP contribution in [0.15, 0.2) is 15.7 Å². The van der Waals surface area contributed by atoms with Crippen LogP contribution < -0.4 is 27.3 Å². The average molecular weight is 582 g/mol. The normalized spacial score (nSPS) is 20.5. The molecule has 1 aromatic carbocycles. The number of carbonyl (C=O) groups excluding carboxylic acids is 2. The minimum Gasteiger partial charge on any atom is -0.459 e. The number of fused-ring (bicyclic) bond motifs is 1. The predicted molar refractivity (Wildman–Crippen MR) is 150 cm³/mol. The standard InChI is InChI=1S/C27H37ClFN5O6/c1-25(2,3)39-22(36)20(30)27(7)10-11-32(13-27)19-16(29)12-15-18(17(19)28)33(14-8-9-14)24(38)34(21(15)35)31-23(37)40-26(4,5)6/h12,14,20H,8-11,13,30H2,1-7H3,(H,31,37). The van der Waals surface area contributed by atoms with Crippen molar-refractivity contribution in [1.29, 1.82) is 0 Å². The average Bonchev–Trinajstić information content (AvgIpc) is 3.56. The van der Waals surface area contributed by atoms with Gasteiger partial charge in [-0.15, -0.1) is 0 Å². The number of nitrogens with one attached hydrogen (secondary N) is 1. The van der Waals surface area contributed by atoms with E-state index >= 15 is 4.39 Å². The summed E-state index contributed by atoms with van der Waals surface area (Å²) in [6, 6.07) is -0.217. The van der Waals surface area contributed by atoms with E-state index in [4.69, 9.17) is 26.8 Å². The van der Waals surface area contributed by atoms with Crippen LogP contribution in [0, 0.1) is 11.2 Å². The first-order valence-electron chi connectivity index (χ1n) is 13.3. The third-order valence-electron chi connectivity index (χ3n) is 6.99. The highest BCUT2D eigenvalue weighted by Crippen LogP contribution is 2.44. The summed E-state index contributed by atoms with van der Waals surface area (Å²) in [6.07, 6.45) is 0.747. The molecular formula is C27H37ClFN5O6. The number of anilines is 1. The maximum absolute atomic E-state index is 15.7. The van der Waals surface area contributed by atoms with E-state index in [1.165, 1.54) is 4.57 Å². The summed E-state index contributed by atoms with van der Waals surface area (Å²) in [5, 5.41) is -0.267. The Morgan fingerprint density at radius 3 is 2.30 bits per heavy atom. The van der Waals surface area contributed by atoms with Crippen LogP contribution in [-0.2, 0) is 14.3 Å². The van der Waals surface area contributed by atoms with Crippen LogP contribution in [0.5, 0.6) is 0 Å². The third-order valence-corrected chi connectivity index (χ3v) is 7.34. The van der Waals surface area contributed by atoms with Crippen molar-refractivity contribution in [2.45, 2.75) is 91.0 Å². The summed E-state index contributed by atoms with van der Waals surface area (Å²) in [6.45, 7) is 12.5. The number of hydrogen-bond acceptors (Lipinski definition) is 8. The lowest BCUT2D eigenvalue weighted by atomic mass is 9.82. The quantitative estimate of drug-likeness (QED) is 0.510. The molecule has 0 spiro atoms. The summed E-state index contributed by atoms with van der Waals surface area (Å²) in [5.74, 6) is -1.34. The second kappa shape index (κ2) is 10.1. The highest BCUT2D eigenvalue weighted by atomic mass is 35.5. The molecule has 1 aliphatic heterocycles. The van der Waals surface area contributed by atoms with Crippen LogP contribution in [0.1, 0.15) is 73.8 Å². The van der Waals surface area contributed by atoms with Crippen molar-refractivity contribution in [1.82, 2.24) is 9.24 Å². The molecule has 0 bridgehead atoms. The van der Waals surface area contributed by atoms with Gasteiger partial charge in [-0.25, -0.2) is 19.4 Å². The van der Waals surface area contributed by atoms with Crippen LogP contribution in [0.4, 0.5) is 14.9 Å². The smallest absolute Gasteiger partial charge is 0.427 e. The first-order valence-corrected chi connectivity index (χ1v) is 13.6.